The first-order valence-electron chi connectivity index (χ1n) is 6.84. The summed E-state index contributed by atoms with van der Waals surface area (Å²) in [5.41, 5.74) is 1.19. The van der Waals surface area contributed by atoms with Crippen LogP contribution in [0.25, 0.3) is 11.4 Å². The van der Waals surface area contributed by atoms with E-state index in [1.54, 1.807) is 6.07 Å². The lowest BCUT2D eigenvalue weighted by molar-refractivity contribution is 0.376. The average Bonchev–Trinajstić information content (AvgIpc) is 2.46. The first kappa shape index (κ1) is 14.8. The Morgan fingerprint density at radius 3 is 2.50 bits per heavy atom. The SMILES string of the molecule is CCC(C)(C)CNc1cc(Cl)nc(-c2ccccc2)n1. The van der Waals surface area contributed by atoms with E-state index in [0.717, 1.165) is 24.3 Å². The van der Waals surface area contributed by atoms with Gasteiger partial charge in [-0.25, -0.2) is 9.97 Å². The smallest absolute Gasteiger partial charge is 0.163 e. The summed E-state index contributed by atoms with van der Waals surface area (Å²) in [7, 11) is 0. The van der Waals surface area contributed by atoms with Crippen molar-refractivity contribution in [1.82, 2.24) is 9.97 Å². The summed E-state index contributed by atoms with van der Waals surface area (Å²) in [5.74, 6) is 1.42. The predicted molar refractivity (Wildman–Crippen MR) is 85.0 cm³/mol. The van der Waals surface area contributed by atoms with E-state index in [9.17, 15) is 0 Å². The Labute approximate surface area is 125 Å². The number of nitrogens with zero attached hydrogens (tertiary/aromatic N) is 2. The van der Waals surface area contributed by atoms with Crippen molar-refractivity contribution in [1.29, 1.82) is 0 Å². The highest BCUT2D eigenvalue weighted by Crippen LogP contribution is 2.23. The fourth-order valence-corrected chi connectivity index (χ4v) is 1.86. The summed E-state index contributed by atoms with van der Waals surface area (Å²) in [6, 6.07) is 11.6. The molecule has 0 fully saturated rings. The molecule has 0 unspecified atom stereocenters. The van der Waals surface area contributed by atoms with Gasteiger partial charge in [0.15, 0.2) is 5.82 Å². The van der Waals surface area contributed by atoms with Crippen LogP contribution in [0.1, 0.15) is 27.2 Å². The first-order valence-corrected chi connectivity index (χ1v) is 7.22. The number of nitrogens with one attached hydrogen (secondary N) is 1. The maximum absolute atomic E-state index is 6.09. The Bertz CT molecular complexity index is 567. The Balaban J connectivity index is 2.21. The van der Waals surface area contributed by atoms with Gasteiger partial charge >= 0.3 is 0 Å². The van der Waals surface area contributed by atoms with Crippen LogP contribution in [0.2, 0.25) is 5.15 Å². The molecule has 1 aromatic carbocycles. The number of halogens is 1. The summed E-state index contributed by atoms with van der Waals surface area (Å²) in [5, 5.41) is 3.81. The second kappa shape index (κ2) is 6.23. The monoisotopic (exact) mass is 289 g/mol. The van der Waals surface area contributed by atoms with Gasteiger partial charge in [0.2, 0.25) is 0 Å². The van der Waals surface area contributed by atoms with E-state index in [1.165, 1.54) is 0 Å². The van der Waals surface area contributed by atoms with Crippen LogP contribution >= 0.6 is 11.6 Å². The molecule has 4 heteroatoms. The van der Waals surface area contributed by atoms with Crippen molar-refractivity contribution < 1.29 is 0 Å². The van der Waals surface area contributed by atoms with Crippen molar-refractivity contribution in [2.45, 2.75) is 27.2 Å². The van der Waals surface area contributed by atoms with Crippen LogP contribution in [-0.4, -0.2) is 16.5 Å². The number of hydrogen-bond donors (Lipinski definition) is 1. The molecule has 0 aliphatic rings. The van der Waals surface area contributed by atoms with Crippen molar-refractivity contribution >= 4 is 17.4 Å². The molecule has 2 aromatic rings. The number of hydrogen-bond acceptors (Lipinski definition) is 3. The summed E-state index contributed by atoms with van der Waals surface area (Å²) in [6.07, 6.45) is 1.10. The number of benzene rings is 1. The molecular weight excluding hydrogens is 270 g/mol. The lowest BCUT2D eigenvalue weighted by atomic mass is 9.90. The predicted octanol–water partition coefficient (Wildman–Crippen LogP) is 4.65. The van der Waals surface area contributed by atoms with Gasteiger partial charge in [0.1, 0.15) is 11.0 Å². The molecule has 0 aliphatic carbocycles. The minimum atomic E-state index is 0.227. The number of aromatic nitrogens is 2. The molecule has 0 atom stereocenters. The van der Waals surface area contributed by atoms with Gasteiger partial charge in [-0.3, -0.25) is 0 Å². The second-order valence-corrected chi connectivity index (χ2v) is 6.02. The van der Waals surface area contributed by atoms with Gasteiger partial charge in [-0.1, -0.05) is 62.7 Å². The van der Waals surface area contributed by atoms with Gasteiger partial charge in [-0.05, 0) is 11.8 Å². The van der Waals surface area contributed by atoms with Crippen LogP contribution in [0.5, 0.6) is 0 Å². The van der Waals surface area contributed by atoms with Crippen molar-refractivity contribution in [2.75, 3.05) is 11.9 Å². The number of rotatable bonds is 5. The Morgan fingerprint density at radius 1 is 1.15 bits per heavy atom. The molecule has 20 heavy (non-hydrogen) atoms. The molecule has 0 bridgehead atoms. The highest BCUT2D eigenvalue weighted by molar-refractivity contribution is 6.29. The van der Waals surface area contributed by atoms with Crippen LogP contribution in [0, 0.1) is 5.41 Å². The number of anilines is 1. The van der Waals surface area contributed by atoms with Crippen LogP contribution in [0.3, 0.4) is 0 Å². The highest BCUT2D eigenvalue weighted by atomic mass is 35.5. The fourth-order valence-electron chi connectivity index (χ4n) is 1.68. The van der Waals surface area contributed by atoms with Crippen LogP contribution in [0.15, 0.2) is 36.4 Å². The van der Waals surface area contributed by atoms with E-state index in [-0.39, 0.29) is 5.41 Å². The highest BCUT2D eigenvalue weighted by Gasteiger charge is 2.15. The Hall–Kier alpha value is -1.61. The molecule has 106 valence electrons. The quantitative estimate of drug-likeness (QED) is 0.815. The molecule has 1 N–H and O–H groups in total. The largest absolute Gasteiger partial charge is 0.369 e. The molecule has 0 spiro atoms. The maximum Gasteiger partial charge on any atom is 0.163 e. The van der Waals surface area contributed by atoms with Gasteiger partial charge in [0, 0.05) is 18.2 Å². The molecule has 1 heterocycles. The molecule has 2 rings (SSSR count). The van der Waals surface area contributed by atoms with Crippen LogP contribution in [0.4, 0.5) is 5.82 Å². The lowest BCUT2D eigenvalue weighted by Gasteiger charge is -2.23. The topological polar surface area (TPSA) is 37.8 Å². The third kappa shape index (κ3) is 3.94. The molecule has 0 saturated heterocycles. The third-order valence-electron chi connectivity index (χ3n) is 3.43. The summed E-state index contributed by atoms with van der Waals surface area (Å²) in [6.45, 7) is 7.48. The normalized spacial score (nSPS) is 11.4. The maximum atomic E-state index is 6.09. The molecule has 0 radical (unpaired) electrons. The van der Waals surface area contributed by atoms with Crippen molar-refractivity contribution in [2.24, 2.45) is 5.41 Å². The molecule has 3 nitrogen and oxygen atoms in total. The van der Waals surface area contributed by atoms with E-state index < -0.39 is 0 Å². The Kier molecular flexibility index (Phi) is 4.61. The minimum Gasteiger partial charge on any atom is -0.369 e. The van der Waals surface area contributed by atoms with Crippen molar-refractivity contribution in [3.8, 4) is 11.4 Å². The molecular formula is C16H20ClN3. The molecule has 0 saturated carbocycles. The zero-order valence-electron chi connectivity index (χ0n) is 12.2. The van der Waals surface area contributed by atoms with Crippen molar-refractivity contribution in [3.63, 3.8) is 0 Å². The van der Waals surface area contributed by atoms with E-state index in [2.05, 4.69) is 36.1 Å². The zero-order valence-corrected chi connectivity index (χ0v) is 12.9. The average molecular weight is 290 g/mol. The van der Waals surface area contributed by atoms with E-state index in [4.69, 9.17) is 11.6 Å². The standard InChI is InChI=1S/C16H20ClN3/c1-4-16(2,3)11-18-14-10-13(17)19-15(20-14)12-8-6-5-7-9-12/h5-10H,4,11H2,1-3H3,(H,18,19,20). The Morgan fingerprint density at radius 2 is 1.85 bits per heavy atom. The van der Waals surface area contributed by atoms with Gasteiger partial charge in [-0.2, -0.15) is 0 Å². The third-order valence-corrected chi connectivity index (χ3v) is 3.63. The van der Waals surface area contributed by atoms with Gasteiger partial charge in [-0.15, -0.1) is 0 Å². The first-order chi connectivity index (χ1) is 9.50. The van der Waals surface area contributed by atoms with Gasteiger partial charge in [0.25, 0.3) is 0 Å². The molecule has 0 amide bonds. The van der Waals surface area contributed by atoms with Crippen LogP contribution in [-0.2, 0) is 0 Å². The van der Waals surface area contributed by atoms with Gasteiger partial charge < -0.3 is 5.32 Å². The van der Waals surface area contributed by atoms with E-state index >= 15 is 0 Å². The van der Waals surface area contributed by atoms with E-state index in [0.29, 0.717) is 11.0 Å². The fraction of sp³-hybridized carbons (Fsp3) is 0.375. The van der Waals surface area contributed by atoms with Crippen LogP contribution < -0.4 is 5.32 Å². The minimum absolute atomic E-state index is 0.227. The second-order valence-electron chi connectivity index (χ2n) is 5.64. The zero-order chi connectivity index (χ0) is 14.6. The summed E-state index contributed by atoms with van der Waals surface area (Å²) < 4.78 is 0. The lowest BCUT2D eigenvalue weighted by Crippen LogP contribution is -2.22. The van der Waals surface area contributed by atoms with E-state index in [1.807, 2.05) is 30.3 Å². The summed E-state index contributed by atoms with van der Waals surface area (Å²) in [4.78, 5) is 8.82. The molecule has 1 aromatic heterocycles. The van der Waals surface area contributed by atoms with Gasteiger partial charge in [0.05, 0.1) is 0 Å². The summed E-state index contributed by atoms with van der Waals surface area (Å²) >= 11 is 6.09. The van der Waals surface area contributed by atoms with Crippen molar-refractivity contribution in [3.05, 3.63) is 41.6 Å². The molecule has 0 aliphatic heterocycles.